The first-order valence-electron chi connectivity index (χ1n) is 6.77. The molecule has 0 aliphatic heterocycles. The summed E-state index contributed by atoms with van der Waals surface area (Å²) in [5.41, 5.74) is 0.0503. The van der Waals surface area contributed by atoms with Crippen molar-refractivity contribution in [1.29, 1.82) is 0 Å². The van der Waals surface area contributed by atoms with Crippen LogP contribution in [0.1, 0.15) is 18.4 Å². The molecular formula is C15H19NO5. The van der Waals surface area contributed by atoms with Gasteiger partial charge in [0.1, 0.15) is 6.61 Å². The van der Waals surface area contributed by atoms with Crippen molar-refractivity contribution >= 4 is 12.1 Å². The third kappa shape index (κ3) is 3.72. The number of nitrogens with one attached hydrogen (secondary N) is 1. The van der Waals surface area contributed by atoms with Gasteiger partial charge in [-0.05, 0) is 18.4 Å². The van der Waals surface area contributed by atoms with Gasteiger partial charge >= 0.3 is 12.1 Å². The number of amides is 1. The van der Waals surface area contributed by atoms with E-state index in [2.05, 4.69) is 5.32 Å². The fourth-order valence-electron chi connectivity index (χ4n) is 2.46. The van der Waals surface area contributed by atoms with Crippen LogP contribution in [0.5, 0.6) is 0 Å². The minimum absolute atomic E-state index is 0.102. The Morgan fingerprint density at radius 2 is 2.00 bits per heavy atom. The largest absolute Gasteiger partial charge is 0.469 e. The molecule has 0 aromatic heterocycles. The zero-order valence-electron chi connectivity index (χ0n) is 11.9. The van der Waals surface area contributed by atoms with Gasteiger partial charge in [-0.2, -0.15) is 0 Å². The molecule has 1 fully saturated rings. The monoisotopic (exact) mass is 293 g/mol. The van der Waals surface area contributed by atoms with Gasteiger partial charge in [0.25, 0.3) is 0 Å². The van der Waals surface area contributed by atoms with Gasteiger partial charge in [-0.3, -0.25) is 4.79 Å². The van der Waals surface area contributed by atoms with E-state index in [9.17, 15) is 14.7 Å². The predicted octanol–water partition coefficient (Wildman–Crippen LogP) is 1.23. The van der Waals surface area contributed by atoms with Gasteiger partial charge < -0.3 is 19.9 Å². The molecule has 21 heavy (non-hydrogen) atoms. The van der Waals surface area contributed by atoms with Crippen LogP contribution in [-0.4, -0.2) is 36.9 Å². The number of esters is 1. The fraction of sp³-hybridized carbons (Fsp3) is 0.467. The van der Waals surface area contributed by atoms with Gasteiger partial charge in [0.15, 0.2) is 0 Å². The average molecular weight is 293 g/mol. The van der Waals surface area contributed by atoms with Crippen molar-refractivity contribution in [3.63, 3.8) is 0 Å². The lowest BCUT2D eigenvalue weighted by Gasteiger charge is -2.42. The average Bonchev–Trinajstić information content (AvgIpc) is 2.48. The Morgan fingerprint density at radius 1 is 1.33 bits per heavy atom. The van der Waals surface area contributed by atoms with E-state index in [1.807, 2.05) is 30.3 Å². The van der Waals surface area contributed by atoms with E-state index >= 15 is 0 Å². The number of benzene rings is 1. The number of carbonyl (C=O) groups is 2. The number of aliphatic hydroxyl groups excluding tert-OH is 1. The molecule has 0 heterocycles. The number of rotatable bonds is 5. The number of methoxy groups -OCH3 is 1. The number of hydrogen-bond acceptors (Lipinski definition) is 5. The number of aliphatic hydroxyl groups is 1. The summed E-state index contributed by atoms with van der Waals surface area (Å²) in [6.07, 6.45) is -0.535. The van der Waals surface area contributed by atoms with Crippen LogP contribution in [-0.2, 0) is 20.9 Å². The summed E-state index contributed by atoms with van der Waals surface area (Å²) in [5.74, 6) is -0.420. The number of alkyl carbamates (subject to hydrolysis) is 1. The maximum absolute atomic E-state index is 11.7. The van der Waals surface area contributed by atoms with Gasteiger partial charge in [0.05, 0.1) is 18.6 Å². The topological polar surface area (TPSA) is 84.9 Å². The van der Waals surface area contributed by atoms with Crippen LogP contribution in [0, 0.1) is 5.41 Å². The van der Waals surface area contributed by atoms with Crippen LogP contribution in [0.15, 0.2) is 30.3 Å². The van der Waals surface area contributed by atoms with Gasteiger partial charge in [0, 0.05) is 6.54 Å². The van der Waals surface area contributed by atoms with Crippen LogP contribution >= 0.6 is 0 Å². The van der Waals surface area contributed by atoms with Crippen LogP contribution in [0.4, 0.5) is 4.79 Å². The molecular weight excluding hydrogens is 274 g/mol. The van der Waals surface area contributed by atoms with E-state index in [-0.39, 0.29) is 13.2 Å². The van der Waals surface area contributed by atoms with Crippen molar-refractivity contribution in [3.8, 4) is 0 Å². The van der Waals surface area contributed by atoms with E-state index in [1.165, 1.54) is 7.11 Å². The lowest BCUT2D eigenvalue weighted by molar-refractivity contribution is -0.166. The Balaban J connectivity index is 1.79. The van der Waals surface area contributed by atoms with Crippen molar-refractivity contribution in [2.24, 2.45) is 5.41 Å². The van der Waals surface area contributed by atoms with Gasteiger partial charge in [-0.15, -0.1) is 0 Å². The molecule has 6 nitrogen and oxygen atoms in total. The minimum Gasteiger partial charge on any atom is -0.469 e. The SMILES string of the molecule is COC(=O)C1(CNC(=O)OCc2ccccc2)CC(O)C1. The molecule has 0 saturated heterocycles. The van der Waals surface area contributed by atoms with Gasteiger partial charge in [-0.1, -0.05) is 30.3 Å². The Labute approximate surface area is 123 Å². The molecule has 0 spiro atoms. The van der Waals surface area contributed by atoms with Crippen LogP contribution in [0.3, 0.4) is 0 Å². The summed E-state index contributed by atoms with van der Waals surface area (Å²) in [6, 6.07) is 9.31. The second-order valence-electron chi connectivity index (χ2n) is 5.25. The molecule has 1 aromatic rings. The molecule has 1 aliphatic carbocycles. The fourth-order valence-corrected chi connectivity index (χ4v) is 2.46. The third-order valence-electron chi connectivity index (χ3n) is 3.66. The molecule has 0 radical (unpaired) electrons. The van der Waals surface area contributed by atoms with Crippen molar-refractivity contribution in [1.82, 2.24) is 5.32 Å². The summed E-state index contributed by atoms with van der Waals surface area (Å²) < 4.78 is 9.79. The first-order chi connectivity index (χ1) is 10.1. The molecule has 0 bridgehead atoms. The van der Waals surface area contributed by atoms with E-state index in [0.29, 0.717) is 12.8 Å². The first-order valence-corrected chi connectivity index (χ1v) is 6.77. The quantitative estimate of drug-likeness (QED) is 0.798. The summed E-state index contributed by atoms with van der Waals surface area (Å²) in [5, 5.41) is 12.0. The standard InChI is InChI=1S/C15H19NO5/c1-20-13(18)15(7-12(17)8-15)10-16-14(19)21-9-11-5-3-2-4-6-11/h2-6,12,17H,7-10H2,1H3,(H,16,19). The van der Waals surface area contributed by atoms with Crippen molar-refractivity contribution in [2.75, 3.05) is 13.7 Å². The highest BCUT2D eigenvalue weighted by Crippen LogP contribution is 2.41. The summed E-state index contributed by atoms with van der Waals surface area (Å²) in [6.45, 7) is 0.269. The number of carbonyl (C=O) groups excluding carboxylic acids is 2. The molecule has 1 saturated carbocycles. The molecule has 0 atom stereocenters. The first kappa shape index (κ1) is 15.3. The Hall–Kier alpha value is -2.08. The van der Waals surface area contributed by atoms with Crippen molar-refractivity contribution in [3.05, 3.63) is 35.9 Å². The zero-order chi connectivity index (χ0) is 15.3. The van der Waals surface area contributed by atoms with E-state index in [4.69, 9.17) is 9.47 Å². The highest BCUT2D eigenvalue weighted by molar-refractivity contribution is 5.79. The number of ether oxygens (including phenoxy) is 2. The summed E-state index contributed by atoms with van der Waals surface area (Å²) in [7, 11) is 1.29. The Morgan fingerprint density at radius 3 is 2.57 bits per heavy atom. The molecule has 1 aliphatic rings. The Bertz CT molecular complexity index is 496. The maximum atomic E-state index is 11.7. The maximum Gasteiger partial charge on any atom is 0.407 e. The normalized spacial score (nSPS) is 23.8. The molecule has 2 rings (SSSR count). The minimum atomic E-state index is -0.833. The second-order valence-corrected chi connectivity index (χ2v) is 5.25. The molecule has 2 N–H and O–H groups in total. The van der Waals surface area contributed by atoms with E-state index in [0.717, 1.165) is 5.56 Å². The van der Waals surface area contributed by atoms with E-state index < -0.39 is 23.6 Å². The molecule has 1 aromatic carbocycles. The lowest BCUT2D eigenvalue weighted by Crippen LogP contribution is -2.54. The molecule has 1 amide bonds. The Kier molecular flexibility index (Phi) is 4.80. The lowest BCUT2D eigenvalue weighted by atomic mass is 9.66. The molecule has 0 unspecified atom stereocenters. The van der Waals surface area contributed by atoms with Crippen LogP contribution < -0.4 is 5.32 Å². The highest BCUT2D eigenvalue weighted by atomic mass is 16.5. The van der Waals surface area contributed by atoms with Crippen molar-refractivity contribution in [2.45, 2.75) is 25.6 Å². The zero-order valence-corrected chi connectivity index (χ0v) is 11.9. The second kappa shape index (κ2) is 6.58. The van der Waals surface area contributed by atoms with Gasteiger partial charge in [-0.25, -0.2) is 4.79 Å². The van der Waals surface area contributed by atoms with Crippen molar-refractivity contribution < 1.29 is 24.2 Å². The van der Waals surface area contributed by atoms with Crippen LogP contribution in [0.25, 0.3) is 0 Å². The smallest absolute Gasteiger partial charge is 0.407 e. The van der Waals surface area contributed by atoms with E-state index in [1.54, 1.807) is 0 Å². The summed E-state index contributed by atoms with van der Waals surface area (Å²) >= 11 is 0. The highest BCUT2D eigenvalue weighted by Gasteiger charge is 2.50. The van der Waals surface area contributed by atoms with Gasteiger partial charge in [0.2, 0.25) is 0 Å². The predicted molar refractivity (Wildman–Crippen MR) is 74.3 cm³/mol. The third-order valence-corrected chi connectivity index (χ3v) is 3.66. The van der Waals surface area contributed by atoms with Crippen LogP contribution in [0.2, 0.25) is 0 Å². The summed E-state index contributed by atoms with van der Waals surface area (Å²) in [4.78, 5) is 23.4. The molecule has 6 heteroatoms. The molecule has 114 valence electrons. The number of hydrogen-bond donors (Lipinski definition) is 2.